The highest BCUT2D eigenvalue weighted by atomic mass is 35.5. The number of benzene rings is 6. The molecule has 0 aliphatic heterocycles. The molecule has 0 aliphatic carbocycles. The van der Waals surface area contributed by atoms with Gasteiger partial charge in [-0.2, -0.15) is 0 Å². The number of thiazole rings is 3. The molecule has 0 fully saturated rings. The Morgan fingerprint density at radius 1 is 0.389 bits per heavy atom. The van der Waals surface area contributed by atoms with Gasteiger partial charge in [-0.1, -0.05) is 127 Å². The van der Waals surface area contributed by atoms with Crippen LogP contribution in [0.5, 0.6) is 0 Å². The van der Waals surface area contributed by atoms with E-state index in [-0.39, 0.29) is 59.4 Å². The molecule has 95 heavy (non-hydrogen) atoms. The zero-order valence-corrected chi connectivity index (χ0v) is 55.5. The minimum atomic E-state index is -0.416. The molecule has 9 heterocycles. The lowest BCUT2D eigenvalue weighted by Crippen LogP contribution is -2.11. The molecule has 0 bridgehead atoms. The van der Waals surface area contributed by atoms with Crippen molar-refractivity contribution in [3.63, 3.8) is 0 Å². The number of rotatable bonds is 12. The standard InChI is InChI=1S/2C18H14N4O2S.C14H6Cl2N4O2S2.C13H7ClFN3O2S/c2*1-10-7-8-11(2)12(9-10)16-21-22-18(24-16)20-15(23)17-19-13-5-3-4-6-14(13)25-17;15-9-5-6(10(16)24-9)12-19-20-14(22-12)18-11(21)13-17-7-3-1-2-4-8(7)23-13;14-10-6-5-9(21-10)11(19)16-13-18-17-12(20-13)7-1-3-8(15)4-2-7/h2*3-9H,1-2H3,(H,20,22,23);1-5H,(H,18,20,21);1-6H,(H,16,18,19). The van der Waals surface area contributed by atoms with E-state index < -0.39 is 5.91 Å². The first-order valence-electron chi connectivity index (χ1n) is 27.7. The van der Waals surface area contributed by atoms with Crippen LogP contribution < -0.4 is 21.3 Å². The van der Waals surface area contributed by atoms with Crippen molar-refractivity contribution in [2.45, 2.75) is 27.7 Å². The lowest BCUT2D eigenvalue weighted by molar-refractivity contribution is 0.101. The Balaban J connectivity index is 0.000000122. The number of thiophene rings is 2. The average Bonchev–Trinajstić information content (AvgIpc) is 1.90. The maximum absolute atomic E-state index is 12.8. The van der Waals surface area contributed by atoms with Gasteiger partial charge in [-0.15, -0.1) is 77.1 Å². The van der Waals surface area contributed by atoms with E-state index in [0.29, 0.717) is 55.8 Å². The Hall–Kier alpha value is -10.4. The number of amides is 4. The highest BCUT2D eigenvalue weighted by molar-refractivity contribution is 7.21. The predicted molar refractivity (Wildman–Crippen MR) is 366 cm³/mol. The van der Waals surface area contributed by atoms with Crippen molar-refractivity contribution in [3.05, 3.63) is 213 Å². The Morgan fingerprint density at radius 2 is 0.779 bits per heavy atom. The van der Waals surface area contributed by atoms with Crippen molar-refractivity contribution >= 4 is 170 Å². The maximum Gasteiger partial charge on any atom is 0.322 e. The molecule has 0 atom stereocenters. The zero-order valence-electron chi connectivity index (χ0n) is 49.2. The van der Waals surface area contributed by atoms with E-state index in [4.69, 9.17) is 52.5 Å². The number of para-hydroxylation sites is 3. The molecule has 474 valence electrons. The van der Waals surface area contributed by atoms with Crippen molar-refractivity contribution < 1.29 is 41.2 Å². The fourth-order valence-corrected chi connectivity index (χ4v) is 13.5. The van der Waals surface area contributed by atoms with Crippen LogP contribution in [0, 0.1) is 33.5 Å². The van der Waals surface area contributed by atoms with E-state index in [1.807, 2.05) is 137 Å². The number of aromatic nitrogens is 11. The number of carbonyl (C=O) groups is 4. The van der Waals surface area contributed by atoms with Gasteiger partial charge in [0.25, 0.3) is 29.5 Å². The van der Waals surface area contributed by atoms with Gasteiger partial charge >= 0.3 is 24.1 Å². The van der Waals surface area contributed by atoms with Crippen LogP contribution in [-0.2, 0) is 0 Å². The Morgan fingerprint density at radius 3 is 1.17 bits per heavy atom. The summed E-state index contributed by atoms with van der Waals surface area (Å²) in [5.74, 6) is -0.767. The Bertz CT molecular complexity index is 5040. The van der Waals surface area contributed by atoms with Crippen LogP contribution in [-0.4, -0.2) is 79.4 Å². The van der Waals surface area contributed by atoms with Gasteiger partial charge in [-0.05, 0) is 130 Å². The molecule has 0 saturated carbocycles. The number of hydrogen-bond acceptors (Lipinski definition) is 24. The van der Waals surface area contributed by atoms with Gasteiger partial charge < -0.3 is 17.7 Å². The number of halogens is 4. The number of fused-ring (bicyclic) bond motifs is 3. The first kappa shape index (κ1) is 64.7. The molecule has 4 amide bonds. The fourth-order valence-electron chi connectivity index (χ4n) is 8.50. The molecule has 15 aromatic rings. The predicted octanol–water partition coefficient (Wildman–Crippen LogP) is 17.2. The van der Waals surface area contributed by atoms with Crippen LogP contribution in [0.1, 0.15) is 61.3 Å². The molecule has 6 aromatic carbocycles. The minimum absolute atomic E-state index is 0.0346. The smallest absolute Gasteiger partial charge is 0.322 e. The topological polar surface area (TPSA) is 311 Å². The second kappa shape index (κ2) is 28.9. The van der Waals surface area contributed by atoms with E-state index >= 15 is 0 Å². The fraction of sp³-hybridized carbons (Fsp3) is 0.0635. The highest BCUT2D eigenvalue weighted by Crippen LogP contribution is 2.38. The van der Waals surface area contributed by atoms with Crippen LogP contribution in [0.3, 0.4) is 0 Å². The Kier molecular flexibility index (Phi) is 19.7. The number of nitrogens with zero attached hydrogens (tertiary/aromatic N) is 11. The third-order valence-corrected chi connectivity index (χ3v) is 18.9. The third kappa shape index (κ3) is 15.8. The van der Waals surface area contributed by atoms with Gasteiger partial charge in [0.2, 0.25) is 17.7 Å². The van der Waals surface area contributed by atoms with Crippen LogP contribution in [0.15, 0.2) is 169 Å². The molecular weight excluding hydrogens is 1380 g/mol. The molecule has 32 heteroatoms. The van der Waals surface area contributed by atoms with Crippen molar-refractivity contribution in [2.24, 2.45) is 0 Å². The SMILES string of the molecule is Cc1ccc(C)c(-c2nnc(NC(=O)c3nc4ccccc4s3)o2)c1.Cc1ccc(C)c(-c2nnc(NC(=O)c3nc4ccccc4s3)o2)c1.O=C(Nc1nnc(-c2cc(Cl)sc2Cl)o1)c1nc2ccccc2s1.O=C(Nc1nnc(-c2ccc(F)cc2)o1)c1ccc(Cl)s1. The minimum Gasteiger partial charge on any atom is -0.403 e. The summed E-state index contributed by atoms with van der Waals surface area (Å²) in [7, 11) is 0. The van der Waals surface area contributed by atoms with Gasteiger partial charge in [-0.25, -0.2) is 19.3 Å². The van der Waals surface area contributed by atoms with Crippen molar-refractivity contribution in [2.75, 3.05) is 21.3 Å². The number of anilines is 4. The normalized spacial score (nSPS) is 10.9. The quantitative estimate of drug-likeness (QED) is 0.0883. The number of carbonyl (C=O) groups excluding carboxylic acids is 4. The first-order chi connectivity index (χ1) is 45.9. The second-order valence-corrected chi connectivity index (χ2v) is 27.0. The Labute approximate surface area is 570 Å². The van der Waals surface area contributed by atoms with Gasteiger partial charge in [-0.3, -0.25) is 40.4 Å². The number of aryl methyl sites for hydroxylation is 4. The van der Waals surface area contributed by atoms with Crippen molar-refractivity contribution in [3.8, 4) is 45.8 Å². The van der Waals surface area contributed by atoms with Crippen LogP contribution in [0.4, 0.5) is 28.4 Å². The van der Waals surface area contributed by atoms with Gasteiger partial charge in [0, 0.05) is 16.7 Å². The molecule has 0 unspecified atom stereocenters. The lowest BCUT2D eigenvalue weighted by Gasteiger charge is -2.01. The average molecular weight is 1420 g/mol. The van der Waals surface area contributed by atoms with E-state index in [1.165, 1.54) is 69.6 Å². The summed E-state index contributed by atoms with van der Waals surface area (Å²) in [4.78, 5) is 62.2. The molecule has 0 saturated heterocycles. The largest absolute Gasteiger partial charge is 0.403 e. The van der Waals surface area contributed by atoms with E-state index in [1.54, 1.807) is 18.2 Å². The van der Waals surface area contributed by atoms with Gasteiger partial charge in [0.05, 0.1) is 49.8 Å². The summed E-state index contributed by atoms with van der Waals surface area (Å²) in [5, 5.41) is 42.3. The second-order valence-electron chi connectivity index (χ2n) is 19.9. The molecule has 0 radical (unpaired) electrons. The molecule has 23 nitrogen and oxygen atoms in total. The van der Waals surface area contributed by atoms with Crippen LogP contribution >= 0.6 is 91.5 Å². The van der Waals surface area contributed by atoms with Crippen LogP contribution in [0.2, 0.25) is 13.0 Å². The summed E-state index contributed by atoms with van der Waals surface area (Å²) in [5.41, 5.74) is 9.38. The monoisotopic (exact) mass is 1420 g/mol. The molecule has 9 aromatic heterocycles. The van der Waals surface area contributed by atoms with Gasteiger partial charge in [0.15, 0.2) is 15.0 Å². The van der Waals surface area contributed by atoms with Crippen molar-refractivity contribution in [1.29, 1.82) is 0 Å². The summed E-state index contributed by atoms with van der Waals surface area (Å²) in [6.45, 7) is 7.93. The van der Waals surface area contributed by atoms with Crippen LogP contribution in [0.25, 0.3) is 76.5 Å². The molecule has 4 N–H and O–H groups in total. The highest BCUT2D eigenvalue weighted by Gasteiger charge is 2.22. The first-order valence-corrected chi connectivity index (χ1v) is 32.9. The third-order valence-electron chi connectivity index (χ3n) is 13.1. The van der Waals surface area contributed by atoms with E-state index in [2.05, 4.69) is 77.0 Å². The summed E-state index contributed by atoms with van der Waals surface area (Å²) >= 11 is 24.0. The summed E-state index contributed by atoms with van der Waals surface area (Å²) in [6, 6.07) is 45.1. The van der Waals surface area contributed by atoms with E-state index in [9.17, 15) is 23.6 Å². The molecule has 15 rings (SSSR count). The molecule has 0 spiro atoms. The lowest BCUT2D eigenvalue weighted by atomic mass is 10.1. The number of nitrogens with one attached hydrogen (secondary N) is 4. The number of hydrogen-bond donors (Lipinski definition) is 4. The molecular formula is C63H41Cl3FN15O8S5. The maximum atomic E-state index is 12.8. The summed E-state index contributed by atoms with van der Waals surface area (Å²) < 4.78 is 39.0. The van der Waals surface area contributed by atoms with Gasteiger partial charge in [0.1, 0.15) is 10.2 Å². The van der Waals surface area contributed by atoms with E-state index in [0.717, 1.165) is 75.4 Å². The van der Waals surface area contributed by atoms with Crippen molar-refractivity contribution in [1.82, 2.24) is 55.7 Å². The summed E-state index contributed by atoms with van der Waals surface area (Å²) in [6.07, 6.45) is 0. The molecule has 0 aliphatic rings. The zero-order chi connectivity index (χ0) is 66.3.